The van der Waals surface area contributed by atoms with Crippen molar-refractivity contribution in [2.45, 2.75) is 20.0 Å². The molecule has 0 aliphatic heterocycles. The number of imidazole rings is 1. The fourth-order valence-electron chi connectivity index (χ4n) is 1.53. The molecule has 0 saturated carbocycles. The maximum atomic E-state index is 5.00. The summed E-state index contributed by atoms with van der Waals surface area (Å²) in [7, 11) is 1.61. The molecule has 0 unspecified atom stereocenters. The van der Waals surface area contributed by atoms with Crippen LogP contribution in [0.3, 0.4) is 0 Å². The SMILES string of the molecule is COc1ccc(CNCc2nc[nH]c2C)cn1. The Balaban J connectivity index is 1.83. The predicted molar refractivity (Wildman–Crippen MR) is 64.7 cm³/mol. The number of aromatic amines is 1. The molecule has 0 aliphatic carbocycles. The summed E-state index contributed by atoms with van der Waals surface area (Å²) in [4.78, 5) is 11.4. The van der Waals surface area contributed by atoms with Gasteiger partial charge in [-0.25, -0.2) is 9.97 Å². The predicted octanol–water partition coefficient (Wildman–Crippen LogP) is 1.41. The summed E-state index contributed by atoms with van der Waals surface area (Å²) in [6.45, 7) is 3.53. The number of hydrogen-bond acceptors (Lipinski definition) is 4. The first-order valence-corrected chi connectivity index (χ1v) is 5.48. The van der Waals surface area contributed by atoms with Crippen LogP contribution in [0.5, 0.6) is 5.88 Å². The molecule has 0 fully saturated rings. The molecule has 0 atom stereocenters. The Labute approximate surface area is 100 Å². The van der Waals surface area contributed by atoms with Gasteiger partial charge in [0.1, 0.15) is 0 Å². The zero-order chi connectivity index (χ0) is 12.1. The van der Waals surface area contributed by atoms with Crippen LogP contribution >= 0.6 is 0 Å². The smallest absolute Gasteiger partial charge is 0.212 e. The van der Waals surface area contributed by atoms with Crippen molar-refractivity contribution in [2.75, 3.05) is 7.11 Å². The minimum atomic E-state index is 0.636. The van der Waals surface area contributed by atoms with Crippen LogP contribution in [0.1, 0.15) is 17.0 Å². The van der Waals surface area contributed by atoms with Crippen molar-refractivity contribution in [3.63, 3.8) is 0 Å². The number of hydrogen-bond donors (Lipinski definition) is 2. The summed E-state index contributed by atoms with van der Waals surface area (Å²) < 4.78 is 5.00. The maximum absolute atomic E-state index is 5.00. The number of methoxy groups -OCH3 is 1. The van der Waals surface area contributed by atoms with Gasteiger partial charge >= 0.3 is 0 Å². The lowest BCUT2D eigenvalue weighted by molar-refractivity contribution is 0.397. The molecule has 5 heteroatoms. The molecule has 0 aromatic carbocycles. The Kier molecular flexibility index (Phi) is 3.72. The van der Waals surface area contributed by atoms with Crippen LogP contribution in [-0.4, -0.2) is 22.1 Å². The second kappa shape index (κ2) is 5.45. The van der Waals surface area contributed by atoms with E-state index in [1.807, 2.05) is 25.3 Å². The quantitative estimate of drug-likeness (QED) is 0.818. The van der Waals surface area contributed by atoms with Gasteiger partial charge in [0, 0.05) is 31.0 Å². The highest BCUT2D eigenvalue weighted by molar-refractivity contribution is 5.17. The third-order valence-corrected chi connectivity index (χ3v) is 2.56. The number of rotatable bonds is 5. The van der Waals surface area contributed by atoms with E-state index < -0.39 is 0 Å². The van der Waals surface area contributed by atoms with E-state index >= 15 is 0 Å². The van der Waals surface area contributed by atoms with Crippen molar-refractivity contribution in [1.29, 1.82) is 0 Å². The van der Waals surface area contributed by atoms with E-state index in [-0.39, 0.29) is 0 Å². The number of aryl methyl sites for hydroxylation is 1. The molecule has 0 bridgehead atoms. The average molecular weight is 232 g/mol. The Morgan fingerprint density at radius 3 is 2.76 bits per heavy atom. The Morgan fingerprint density at radius 2 is 2.18 bits per heavy atom. The second-order valence-electron chi connectivity index (χ2n) is 3.79. The first-order valence-electron chi connectivity index (χ1n) is 5.48. The van der Waals surface area contributed by atoms with Crippen LogP contribution in [-0.2, 0) is 13.1 Å². The van der Waals surface area contributed by atoms with Crippen molar-refractivity contribution in [2.24, 2.45) is 0 Å². The molecular weight excluding hydrogens is 216 g/mol. The van der Waals surface area contributed by atoms with Crippen LogP contribution in [0.2, 0.25) is 0 Å². The van der Waals surface area contributed by atoms with E-state index in [4.69, 9.17) is 4.74 Å². The van der Waals surface area contributed by atoms with Gasteiger partial charge in [0.15, 0.2) is 0 Å². The van der Waals surface area contributed by atoms with Gasteiger partial charge in [0.25, 0.3) is 0 Å². The van der Waals surface area contributed by atoms with Crippen molar-refractivity contribution >= 4 is 0 Å². The number of ether oxygens (including phenoxy) is 1. The van der Waals surface area contributed by atoms with Crippen LogP contribution < -0.4 is 10.1 Å². The summed E-state index contributed by atoms with van der Waals surface area (Å²) >= 11 is 0. The first kappa shape index (κ1) is 11.6. The molecule has 0 spiro atoms. The minimum Gasteiger partial charge on any atom is -0.481 e. The zero-order valence-corrected chi connectivity index (χ0v) is 10.0. The summed E-state index contributed by atoms with van der Waals surface area (Å²) in [6, 6.07) is 3.85. The van der Waals surface area contributed by atoms with Gasteiger partial charge in [-0.05, 0) is 12.5 Å². The largest absolute Gasteiger partial charge is 0.481 e. The van der Waals surface area contributed by atoms with E-state index in [1.165, 1.54) is 0 Å². The van der Waals surface area contributed by atoms with Gasteiger partial charge in [-0.15, -0.1) is 0 Å². The molecule has 2 N–H and O–H groups in total. The van der Waals surface area contributed by atoms with Crippen molar-refractivity contribution < 1.29 is 4.74 Å². The van der Waals surface area contributed by atoms with Gasteiger partial charge in [0.05, 0.1) is 19.1 Å². The van der Waals surface area contributed by atoms with Gasteiger partial charge in [-0.3, -0.25) is 0 Å². The van der Waals surface area contributed by atoms with E-state index in [1.54, 1.807) is 13.4 Å². The Bertz CT molecular complexity index is 464. The molecule has 5 nitrogen and oxygen atoms in total. The van der Waals surface area contributed by atoms with Crippen LogP contribution in [0.15, 0.2) is 24.7 Å². The van der Waals surface area contributed by atoms with Gasteiger partial charge in [0.2, 0.25) is 5.88 Å². The van der Waals surface area contributed by atoms with Gasteiger partial charge in [-0.2, -0.15) is 0 Å². The third kappa shape index (κ3) is 3.04. The summed E-state index contributed by atoms with van der Waals surface area (Å²) in [5.74, 6) is 0.636. The fourth-order valence-corrected chi connectivity index (χ4v) is 1.53. The monoisotopic (exact) mass is 232 g/mol. The molecule has 17 heavy (non-hydrogen) atoms. The van der Waals surface area contributed by atoms with Crippen LogP contribution in [0.25, 0.3) is 0 Å². The minimum absolute atomic E-state index is 0.636. The van der Waals surface area contributed by atoms with Gasteiger partial charge in [-0.1, -0.05) is 6.07 Å². The van der Waals surface area contributed by atoms with E-state index in [9.17, 15) is 0 Å². The highest BCUT2D eigenvalue weighted by atomic mass is 16.5. The number of H-pyrrole nitrogens is 1. The van der Waals surface area contributed by atoms with Crippen LogP contribution in [0, 0.1) is 6.92 Å². The number of nitrogens with one attached hydrogen (secondary N) is 2. The Morgan fingerprint density at radius 1 is 1.29 bits per heavy atom. The molecule has 0 amide bonds. The topological polar surface area (TPSA) is 62.8 Å². The number of pyridine rings is 1. The van der Waals surface area contributed by atoms with E-state index in [2.05, 4.69) is 20.3 Å². The van der Waals surface area contributed by atoms with Crippen LogP contribution in [0.4, 0.5) is 0 Å². The third-order valence-electron chi connectivity index (χ3n) is 2.56. The molecule has 2 heterocycles. The standard InChI is InChI=1S/C12H16N4O/c1-9-11(16-8-15-9)7-13-5-10-3-4-12(17-2)14-6-10/h3-4,6,8,13H,5,7H2,1-2H3,(H,15,16). The molecule has 0 saturated heterocycles. The highest BCUT2D eigenvalue weighted by Gasteiger charge is 2.00. The zero-order valence-electron chi connectivity index (χ0n) is 10.0. The lowest BCUT2D eigenvalue weighted by Gasteiger charge is -2.04. The average Bonchev–Trinajstić information content (AvgIpc) is 2.76. The lowest BCUT2D eigenvalue weighted by Crippen LogP contribution is -2.13. The first-order chi connectivity index (χ1) is 8.29. The molecule has 90 valence electrons. The lowest BCUT2D eigenvalue weighted by atomic mass is 10.2. The molecular formula is C12H16N4O. The molecule has 0 aliphatic rings. The summed E-state index contributed by atoms with van der Waals surface area (Å²) in [5, 5.41) is 3.32. The highest BCUT2D eigenvalue weighted by Crippen LogP contribution is 2.06. The number of aromatic nitrogens is 3. The van der Waals surface area contributed by atoms with Crippen molar-refractivity contribution in [3.05, 3.63) is 41.6 Å². The van der Waals surface area contributed by atoms with Gasteiger partial charge < -0.3 is 15.0 Å². The summed E-state index contributed by atoms with van der Waals surface area (Å²) in [6.07, 6.45) is 3.52. The summed E-state index contributed by atoms with van der Waals surface area (Å²) in [5.41, 5.74) is 3.27. The normalized spacial score (nSPS) is 10.5. The van der Waals surface area contributed by atoms with E-state index in [0.29, 0.717) is 5.88 Å². The van der Waals surface area contributed by atoms with Crippen molar-refractivity contribution in [1.82, 2.24) is 20.3 Å². The molecule has 0 radical (unpaired) electrons. The van der Waals surface area contributed by atoms with Crippen molar-refractivity contribution in [3.8, 4) is 5.88 Å². The second-order valence-corrected chi connectivity index (χ2v) is 3.79. The fraction of sp³-hybridized carbons (Fsp3) is 0.333. The van der Waals surface area contributed by atoms with E-state index in [0.717, 1.165) is 30.0 Å². The molecule has 2 rings (SSSR count). The Hall–Kier alpha value is -1.88. The molecule has 2 aromatic rings. The number of nitrogens with zero attached hydrogens (tertiary/aromatic N) is 2. The maximum Gasteiger partial charge on any atom is 0.212 e. The molecule has 2 aromatic heterocycles.